The number of hydrogen-bond acceptors (Lipinski definition) is 4. The van der Waals surface area contributed by atoms with E-state index in [1.54, 1.807) is 50.7 Å². The summed E-state index contributed by atoms with van der Waals surface area (Å²) in [6.45, 7) is 0.364. The van der Waals surface area contributed by atoms with Crippen molar-refractivity contribution in [2.45, 2.75) is 6.54 Å². The maximum atomic E-state index is 12.7. The van der Waals surface area contributed by atoms with Gasteiger partial charge in [0.2, 0.25) is 0 Å². The van der Waals surface area contributed by atoms with Gasteiger partial charge in [-0.15, -0.1) is 0 Å². The van der Waals surface area contributed by atoms with Crippen LogP contribution in [-0.2, 0) is 6.54 Å². The number of carbonyl (C=O) groups is 1. The Labute approximate surface area is 157 Å². The number of amides is 1. The van der Waals surface area contributed by atoms with Gasteiger partial charge in [-0.2, -0.15) is 0 Å². The van der Waals surface area contributed by atoms with Crippen molar-refractivity contribution in [1.29, 1.82) is 0 Å². The first-order valence-electron chi connectivity index (χ1n) is 8.38. The van der Waals surface area contributed by atoms with Gasteiger partial charge in [0.15, 0.2) is 0 Å². The van der Waals surface area contributed by atoms with Crippen molar-refractivity contribution >= 4 is 11.6 Å². The third kappa shape index (κ3) is 4.36. The van der Waals surface area contributed by atoms with Crippen LogP contribution in [0.1, 0.15) is 15.9 Å². The van der Waals surface area contributed by atoms with Crippen LogP contribution in [0.15, 0.2) is 71.7 Å². The highest BCUT2D eigenvalue weighted by Crippen LogP contribution is 2.17. The molecule has 0 fully saturated rings. The predicted octanol–water partition coefficient (Wildman–Crippen LogP) is 3.17. The van der Waals surface area contributed by atoms with Crippen LogP contribution in [0.4, 0.5) is 5.69 Å². The number of nitrogens with zero attached hydrogens (tertiary/aromatic N) is 1. The summed E-state index contributed by atoms with van der Waals surface area (Å²) in [5, 5.41) is 2.73. The van der Waals surface area contributed by atoms with E-state index >= 15 is 0 Å². The highest BCUT2D eigenvalue weighted by atomic mass is 16.5. The summed E-state index contributed by atoms with van der Waals surface area (Å²) in [5.41, 5.74) is 1.22. The number of pyridine rings is 1. The molecule has 0 bridgehead atoms. The van der Waals surface area contributed by atoms with Crippen LogP contribution in [0.3, 0.4) is 0 Å². The van der Waals surface area contributed by atoms with Gasteiger partial charge in [-0.25, -0.2) is 0 Å². The molecule has 0 saturated heterocycles. The van der Waals surface area contributed by atoms with Crippen molar-refractivity contribution in [3.8, 4) is 11.5 Å². The minimum Gasteiger partial charge on any atom is -0.497 e. The summed E-state index contributed by atoms with van der Waals surface area (Å²) in [7, 11) is 3.15. The number of nitrogens with one attached hydrogen (secondary N) is 1. The van der Waals surface area contributed by atoms with Crippen molar-refractivity contribution in [2.24, 2.45) is 0 Å². The summed E-state index contributed by atoms with van der Waals surface area (Å²) in [5.74, 6) is 0.910. The molecule has 0 unspecified atom stereocenters. The summed E-state index contributed by atoms with van der Waals surface area (Å²) < 4.78 is 11.8. The van der Waals surface area contributed by atoms with Gasteiger partial charge in [0, 0.05) is 18.0 Å². The zero-order valence-corrected chi connectivity index (χ0v) is 15.1. The van der Waals surface area contributed by atoms with E-state index in [1.165, 1.54) is 10.6 Å². The van der Waals surface area contributed by atoms with Crippen molar-refractivity contribution < 1.29 is 14.3 Å². The fourth-order valence-electron chi connectivity index (χ4n) is 2.66. The normalized spacial score (nSPS) is 10.3. The lowest BCUT2D eigenvalue weighted by Gasteiger charge is -2.10. The topological polar surface area (TPSA) is 69.6 Å². The van der Waals surface area contributed by atoms with E-state index in [0.29, 0.717) is 18.0 Å². The average Bonchev–Trinajstić information content (AvgIpc) is 2.70. The van der Waals surface area contributed by atoms with E-state index in [9.17, 15) is 9.59 Å². The van der Waals surface area contributed by atoms with E-state index in [4.69, 9.17) is 9.47 Å². The maximum Gasteiger partial charge on any atom is 0.263 e. The number of hydrogen-bond donors (Lipinski definition) is 1. The number of methoxy groups -OCH3 is 2. The van der Waals surface area contributed by atoms with Gasteiger partial charge in [-0.3, -0.25) is 9.59 Å². The Morgan fingerprint density at radius 2 is 1.70 bits per heavy atom. The maximum absolute atomic E-state index is 12.7. The smallest absolute Gasteiger partial charge is 0.263 e. The van der Waals surface area contributed by atoms with E-state index in [1.807, 2.05) is 24.3 Å². The van der Waals surface area contributed by atoms with Gasteiger partial charge in [0.05, 0.1) is 20.8 Å². The zero-order valence-electron chi connectivity index (χ0n) is 15.1. The molecule has 0 atom stereocenters. The third-order valence-corrected chi connectivity index (χ3v) is 4.10. The van der Waals surface area contributed by atoms with Crippen LogP contribution >= 0.6 is 0 Å². The first kappa shape index (κ1) is 18.3. The highest BCUT2D eigenvalue weighted by molar-refractivity contribution is 6.04. The van der Waals surface area contributed by atoms with Crippen molar-refractivity contribution in [1.82, 2.24) is 4.57 Å². The molecule has 138 valence electrons. The molecule has 6 heteroatoms. The number of rotatable bonds is 6. The second kappa shape index (κ2) is 8.23. The van der Waals surface area contributed by atoms with Crippen LogP contribution in [0, 0.1) is 0 Å². The van der Waals surface area contributed by atoms with Gasteiger partial charge < -0.3 is 19.4 Å². The number of aromatic nitrogens is 1. The first-order chi connectivity index (χ1) is 13.1. The Bertz CT molecular complexity index is 994. The monoisotopic (exact) mass is 364 g/mol. The Hall–Kier alpha value is -3.54. The standard InChI is InChI=1S/C21H20N2O4/c1-26-17-10-8-15(9-11-17)14-23-12-4-7-19(21(23)25)20(24)22-16-5-3-6-18(13-16)27-2/h3-13H,14H2,1-2H3,(H,22,24). The minimum atomic E-state index is -0.461. The van der Waals surface area contributed by atoms with Crippen LogP contribution in [-0.4, -0.2) is 24.7 Å². The summed E-state index contributed by atoms with van der Waals surface area (Å²) >= 11 is 0. The molecule has 3 aromatic rings. The number of carbonyl (C=O) groups excluding carboxylic acids is 1. The molecule has 0 aliphatic heterocycles. The molecule has 1 amide bonds. The molecule has 0 spiro atoms. The predicted molar refractivity (Wildman–Crippen MR) is 104 cm³/mol. The summed E-state index contributed by atoms with van der Waals surface area (Å²) in [4.78, 5) is 25.2. The number of ether oxygens (including phenoxy) is 2. The number of benzene rings is 2. The molecule has 0 aliphatic carbocycles. The Kier molecular flexibility index (Phi) is 5.56. The second-order valence-corrected chi connectivity index (χ2v) is 5.89. The van der Waals surface area contributed by atoms with Crippen molar-refractivity contribution in [3.05, 3.63) is 88.3 Å². The average molecular weight is 364 g/mol. The molecule has 1 N–H and O–H groups in total. The minimum absolute atomic E-state index is 0.0776. The van der Waals surface area contributed by atoms with Crippen LogP contribution in [0.2, 0.25) is 0 Å². The number of anilines is 1. The molecular formula is C21H20N2O4. The lowest BCUT2D eigenvalue weighted by Crippen LogP contribution is -2.29. The summed E-state index contributed by atoms with van der Waals surface area (Å²) in [6.07, 6.45) is 1.66. The van der Waals surface area contributed by atoms with Crippen LogP contribution < -0.4 is 20.3 Å². The van der Waals surface area contributed by atoms with Gasteiger partial charge in [0.1, 0.15) is 17.1 Å². The van der Waals surface area contributed by atoms with Crippen molar-refractivity contribution in [3.63, 3.8) is 0 Å². The fourth-order valence-corrected chi connectivity index (χ4v) is 2.66. The van der Waals surface area contributed by atoms with Gasteiger partial charge in [-0.1, -0.05) is 18.2 Å². The Balaban J connectivity index is 1.80. The SMILES string of the molecule is COc1ccc(Cn2cccc(C(=O)Nc3cccc(OC)c3)c2=O)cc1. The largest absolute Gasteiger partial charge is 0.497 e. The summed E-state index contributed by atoms with van der Waals surface area (Å²) in [6, 6.07) is 17.6. The van der Waals surface area contributed by atoms with Crippen LogP contribution in [0.5, 0.6) is 11.5 Å². The van der Waals surface area contributed by atoms with Gasteiger partial charge in [0.25, 0.3) is 11.5 Å². The molecule has 0 saturated carbocycles. The second-order valence-electron chi connectivity index (χ2n) is 5.89. The van der Waals surface area contributed by atoms with Gasteiger partial charge >= 0.3 is 0 Å². The quantitative estimate of drug-likeness (QED) is 0.729. The zero-order chi connectivity index (χ0) is 19.2. The van der Waals surface area contributed by atoms with Gasteiger partial charge in [-0.05, 0) is 42.0 Å². The molecule has 1 heterocycles. The molecule has 1 aromatic heterocycles. The third-order valence-electron chi connectivity index (χ3n) is 4.10. The molecule has 0 radical (unpaired) electrons. The van der Waals surface area contributed by atoms with E-state index in [0.717, 1.165) is 11.3 Å². The first-order valence-corrected chi connectivity index (χ1v) is 8.38. The highest BCUT2D eigenvalue weighted by Gasteiger charge is 2.13. The molecule has 2 aromatic carbocycles. The molecule has 3 rings (SSSR count). The van der Waals surface area contributed by atoms with E-state index in [2.05, 4.69) is 5.32 Å². The molecule has 6 nitrogen and oxygen atoms in total. The fraction of sp³-hybridized carbons (Fsp3) is 0.143. The van der Waals surface area contributed by atoms with E-state index < -0.39 is 5.91 Å². The van der Waals surface area contributed by atoms with Crippen LogP contribution in [0.25, 0.3) is 0 Å². The molecular weight excluding hydrogens is 344 g/mol. The lowest BCUT2D eigenvalue weighted by atomic mass is 10.2. The molecule has 0 aliphatic rings. The Morgan fingerprint density at radius 1 is 0.963 bits per heavy atom. The lowest BCUT2D eigenvalue weighted by molar-refractivity contribution is 0.102. The Morgan fingerprint density at radius 3 is 2.41 bits per heavy atom. The van der Waals surface area contributed by atoms with E-state index in [-0.39, 0.29) is 11.1 Å². The van der Waals surface area contributed by atoms with Crippen molar-refractivity contribution in [2.75, 3.05) is 19.5 Å². The molecule has 27 heavy (non-hydrogen) atoms.